The van der Waals surface area contributed by atoms with Gasteiger partial charge in [-0.2, -0.15) is 10.2 Å². The van der Waals surface area contributed by atoms with E-state index < -0.39 is 0 Å². The van der Waals surface area contributed by atoms with Crippen LogP contribution in [0.4, 0.5) is 10.2 Å². The van der Waals surface area contributed by atoms with Crippen LogP contribution in [0.5, 0.6) is 0 Å². The summed E-state index contributed by atoms with van der Waals surface area (Å²) in [4.78, 5) is 7.10. The highest BCUT2D eigenvalue weighted by molar-refractivity contribution is 5.81. The third-order valence-corrected chi connectivity index (χ3v) is 5.12. The smallest absolute Gasteiger partial charge is 0.155 e. The van der Waals surface area contributed by atoms with Crippen LogP contribution in [-0.4, -0.2) is 37.9 Å². The third kappa shape index (κ3) is 2.98. The highest BCUT2D eigenvalue weighted by atomic mass is 19.1. The van der Waals surface area contributed by atoms with Gasteiger partial charge in [-0.05, 0) is 61.7 Å². The zero-order valence-electron chi connectivity index (χ0n) is 15.3. The van der Waals surface area contributed by atoms with Gasteiger partial charge in [0, 0.05) is 24.2 Å². The predicted molar refractivity (Wildman–Crippen MR) is 105 cm³/mol. The molecule has 1 aliphatic heterocycles. The first kappa shape index (κ1) is 16.8. The van der Waals surface area contributed by atoms with Crippen molar-refractivity contribution in [3.8, 4) is 22.5 Å². The molecule has 4 heterocycles. The average Bonchev–Trinajstić information content (AvgIpc) is 3.14. The second-order valence-electron chi connectivity index (χ2n) is 6.96. The van der Waals surface area contributed by atoms with Crippen molar-refractivity contribution < 1.29 is 4.39 Å². The number of hydrogen-bond donors (Lipinski definition) is 0. The van der Waals surface area contributed by atoms with E-state index in [0.717, 1.165) is 47.1 Å². The molecular formula is C21H19FN6. The Bertz CT molecular complexity index is 1100. The van der Waals surface area contributed by atoms with Gasteiger partial charge < -0.3 is 4.90 Å². The van der Waals surface area contributed by atoms with Crippen molar-refractivity contribution in [2.24, 2.45) is 0 Å². The second kappa shape index (κ2) is 6.99. The summed E-state index contributed by atoms with van der Waals surface area (Å²) in [7, 11) is 0. The Kier molecular flexibility index (Phi) is 4.20. The number of fused-ring (bicyclic) bond motifs is 1. The molecular weight excluding hydrogens is 355 g/mol. The monoisotopic (exact) mass is 374 g/mol. The van der Waals surface area contributed by atoms with E-state index in [4.69, 9.17) is 10.1 Å². The lowest BCUT2D eigenvalue weighted by molar-refractivity contribution is 0.570. The lowest BCUT2D eigenvalue weighted by Crippen LogP contribution is -2.30. The highest BCUT2D eigenvalue weighted by Crippen LogP contribution is 2.32. The molecule has 7 heteroatoms. The quantitative estimate of drug-likeness (QED) is 0.543. The Balaban J connectivity index is 1.71. The van der Waals surface area contributed by atoms with Crippen molar-refractivity contribution in [2.75, 3.05) is 18.0 Å². The minimum Gasteiger partial charge on any atom is -0.355 e. The number of rotatable bonds is 3. The first-order valence-electron chi connectivity index (χ1n) is 9.47. The molecule has 1 saturated heterocycles. The molecule has 1 aromatic carbocycles. The molecule has 6 nitrogen and oxygen atoms in total. The molecule has 0 saturated carbocycles. The van der Waals surface area contributed by atoms with E-state index in [0.29, 0.717) is 0 Å². The summed E-state index contributed by atoms with van der Waals surface area (Å²) in [6, 6.07) is 12.3. The molecule has 28 heavy (non-hydrogen) atoms. The molecule has 3 aromatic heterocycles. The molecule has 1 fully saturated rings. The number of halogens is 1. The fraction of sp³-hybridized carbons (Fsp3) is 0.238. The zero-order valence-corrected chi connectivity index (χ0v) is 15.3. The van der Waals surface area contributed by atoms with E-state index in [1.807, 2.05) is 22.7 Å². The number of nitrogens with zero attached hydrogens (tertiary/aromatic N) is 6. The summed E-state index contributed by atoms with van der Waals surface area (Å²) < 4.78 is 15.3. The number of piperidine rings is 1. The second-order valence-corrected chi connectivity index (χ2v) is 6.96. The molecule has 0 N–H and O–H groups in total. The maximum absolute atomic E-state index is 13.4. The minimum atomic E-state index is -0.273. The van der Waals surface area contributed by atoms with Crippen LogP contribution in [-0.2, 0) is 0 Å². The number of aromatic nitrogens is 5. The van der Waals surface area contributed by atoms with E-state index >= 15 is 0 Å². The fourth-order valence-electron chi connectivity index (χ4n) is 3.71. The van der Waals surface area contributed by atoms with Crippen LogP contribution < -0.4 is 4.90 Å². The maximum atomic E-state index is 13.4. The van der Waals surface area contributed by atoms with E-state index in [1.54, 1.807) is 24.5 Å². The van der Waals surface area contributed by atoms with Crippen LogP contribution >= 0.6 is 0 Å². The Hall–Kier alpha value is -3.35. The molecule has 0 bridgehead atoms. The van der Waals surface area contributed by atoms with Gasteiger partial charge in [0.05, 0.1) is 18.1 Å². The van der Waals surface area contributed by atoms with Crippen LogP contribution in [0.15, 0.2) is 54.9 Å². The number of hydrogen-bond acceptors (Lipinski definition) is 5. The van der Waals surface area contributed by atoms with E-state index in [2.05, 4.69) is 15.1 Å². The van der Waals surface area contributed by atoms with Gasteiger partial charge in [-0.25, -0.2) is 13.9 Å². The van der Waals surface area contributed by atoms with Crippen molar-refractivity contribution in [1.29, 1.82) is 0 Å². The third-order valence-electron chi connectivity index (χ3n) is 5.12. The highest BCUT2D eigenvalue weighted by Gasteiger charge is 2.19. The molecule has 140 valence electrons. The average molecular weight is 374 g/mol. The molecule has 0 atom stereocenters. The minimum absolute atomic E-state index is 0.273. The Labute approximate surface area is 161 Å². The number of anilines is 1. The predicted octanol–water partition coefficient (Wildman–Crippen LogP) is 3.98. The van der Waals surface area contributed by atoms with Crippen molar-refractivity contribution in [2.45, 2.75) is 19.3 Å². The normalized spacial score (nSPS) is 14.5. The fourth-order valence-corrected chi connectivity index (χ4v) is 3.71. The molecule has 4 aromatic rings. The molecule has 5 rings (SSSR count). The SMILES string of the molecule is Fc1ccc(-c2nc3ccc(N4CCCCC4)nn3c2-c2ccnnc2)cc1. The maximum Gasteiger partial charge on any atom is 0.155 e. The first-order valence-corrected chi connectivity index (χ1v) is 9.47. The van der Waals surface area contributed by atoms with Crippen LogP contribution in [0.2, 0.25) is 0 Å². The Morgan fingerprint density at radius 1 is 0.821 bits per heavy atom. The van der Waals surface area contributed by atoms with Crippen LogP contribution in [0, 0.1) is 5.82 Å². The van der Waals surface area contributed by atoms with Gasteiger partial charge in [0.25, 0.3) is 0 Å². The van der Waals surface area contributed by atoms with Gasteiger partial charge in [-0.15, -0.1) is 5.10 Å². The zero-order chi connectivity index (χ0) is 18.9. The number of imidazole rings is 1. The standard InChI is InChI=1S/C21H19FN6/c22-17-6-4-15(5-7-17)20-21(16-10-11-23-24-14-16)28-18(25-20)8-9-19(26-28)27-12-2-1-3-13-27/h4-11,14H,1-3,12-13H2. The van der Waals surface area contributed by atoms with Crippen molar-refractivity contribution >= 4 is 11.5 Å². The summed E-state index contributed by atoms with van der Waals surface area (Å²) in [6.07, 6.45) is 6.99. The molecule has 0 unspecified atom stereocenters. The van der Waals surface area contributed by atoms with Crippen molar-refractivity contribution in [3.05, 3.63) is 60.7 Å². The van der Waals surface area contributed by atoms with E-state index in [9.17, 15) is 4.39 Å². The topological polar surface area (TPSA) is 59.2 Å². The van der Waals surface area contributed by atoms with Crippen molar-refractivity contribution in [1.82, 2.24) is 24.8 Å². The molecule has 0 aliphatic carbocycles. The summed E-state index contributed by atoms with van der Waals surface area (Å²) >= 11 is 0. The molecule has 0 radical (unpaired) electrons. The van der Waals surface area contributed by atoms with Crippen LogP contribution in [0.3, 0.4) is 0 Å². The Morgan fingerprint density at radius 3 is 2.39 bits per heavy atom. The summed E-state index contributed by atoms with van der Waals surface area (Å²) in [6.45, 7) is 2.04. The van der Waals surface area contributed by atoms with Crippen molar-refractivity contribution in [3.63, 3.8) is 0 Å². The van der Waals surface area contributed by atoms with Gasteiger partial charge in [-0.1, -0.05) is 0 Å². The van der Waals surface area contributed by atoms with Gasteiger partial charge >= 0.3 is 0 Å². The molecule has 0 amide bonds. The lowest BCUT2D eigenvalue weighted by atomic mass is 10.1. The summed E-state index contributed by atoms with van der Waals surface area (Å²) in [5.41, 5.74) is 4.02. The van der Waals surface area contributed by atoms with Crippen LogP contribution in [0.25, 0.3) is 28.2 Å². The summed E-state index contributed by atoms with van der Waals surface area (Å²) in [5, 5.41) is 12.8. The summed E-state index contributed by atoms with van der Waals surface area (Å²) in [5.74, 6) is 0.670. The van der Waals surface area contributed by atoms with Gasteiger partial charge in [0.1, 0.15) is 17.3 Å². The lowest BCUT2D eigenvalue weighted by Gasteiger charge is -2.27. The Morgan fingerprint density at radius 2 is 1.64 bits per heavy atom. The first-order chi connectivity index (χ1) is 13.8. The van der Waals surface area contributed by atoms with Gasteiger partial charge in [0.2, 0.25) is 0 Å². The van der Waals surface area contributed by atoms with E-state index in [1.165, 1.54) is 31.4 Å². The van der Waals surface area contributed by atoms with Gasteiger partial charge in [0.15, 0.2) is 5.65 Å². The molecule has 1 aliphatic rings. The number of benzene rings is 1. The largest absolute Gasteiger partial charge is 0.355 e. The van der Waals surface area contributed by atoms with Crippen LogP contribution in [0.1, 0.15) is 19.3 Å². The van der Waals surface area contributed by atoms with Gasteiger partial charge in [-0.3, -0.25) is 0 Å². The molecule has 0 spiro atoms. The van der Waals surface area contributed by atoms with E-state index in [-0.39, 0.29) is 5.82 Å².